The molecular weight excluding hydrogens is 402 g/mol. The summed E-state index contributed by atoms with van der Waals surface area (Å²) >= 11 is 0. The molecule has 7 nitrogen and oxygen atoms in total. The van der Waals surface area contributed by atoms with Gasteiger partial charge >= 0.3 is 0 Å². The number of Topliss-reactive ketones (excluding diaryl/α,β-unsaturated/α-hetero) is 1. The van der Waals surface area contributed by atoms with Gasteiger partial charge in [0.05, 0.1) is 5.69 Å². The second-order valence-electron chi connectivity index (χ2n) is 9.20. The van der Waals surface area contributed by atoms with Crippen molar-refractivity contribution in [2.45, 2.75) is 70.4 Å². The topological polar surface area (TPSA) is 87.2 Å². The molecule has 0 aliphatic heterocycles. The summed E-state index contributed by atoms with van der Waals surface area (Å²) in [5, 5.41) is 6.69. The molecule has 0 bridgehead atoms. The largest absolute Gasteiger partial charge is 0.362 e. The predicted molar refractivity (Wildman–Crippen MR) is 127 cm³/mol. The summed E-state index contributed by atoms with van der Waals surface area (Å²) in [7, 11) is 4.09. The van der Waals surface area contributed by atoms with E-state index in [9.17, 15) is 9.59 Å². The van der Waals surface area contributed by atoms with Gasteiger partial charge in [-0.25, -0.2) is 4.98 Å². The van der Waals surface area contributed by atoms with Crippen molar-refractivity contribution in [3.05, 3.63) is 46.6 Å². The van der Waals surface area contributed by atoms with Gasteiger partial charge in [0, 0.05) is 42.9 Å². The Morgan fingerprint density at radius 3 is 2.38 bits per heavy atom. The van der Waals surface area contributed by atoms with Gasteiger partial charge in [-0.05, 0) is 70.4 Å². The minimum atomic E-state index is -0.113. The fourth-order valence-corrected chi connectivity index (χ4v) is 4.72. The van der Waals surface area contributed by atoms with Crippen molar-refractivity contribution in [2.24, 2.45) is 0 Å². The Labute approximate surface area is 190 Å². The SMILES string of the molecule is CC(=O)c1cccc(C(=O)NC2CCC(Nc3nc4c(c(N(C)C)n3)CCCC4)CC2)c1. The summed E-state index contributed by atoms with van der Waals surface area (Å²) in [6, 6.07) is 7.36. The third-order valence-corrected chi connectivity index (χ3v) is 6.51. The molecule has 1 fully saturated rings. The van der Waals surface area contributed by atoms with Crippen LogP contribution in [0.5, 0.6) is 0 Å². The minimum absolute atomic E-state index is 0.0342. The molecule has 0 saturated heterocycles. The quantitative estimate of drug-likeness (QED) is 0.672. The van der Waals surface area contributed by atoms with Crippen molar-refractivity contribution in [1.29, 1.82) is 0 Å². The first-order valence-corrected chi connectivity index (χ1v) is 11.7. The van der Waals surface area contributed by atoms with E-state index in [0.717, 1.165) is 50.3 Å². The molecule has 2 N–H and O–H groups in total. The Balaban J connectivity index is 1.34. The molecule has 0 radical (unpaired) electrons. The van der Waals surface area contributed by atoms with Gasteiger partial charge in [0.2, 0.25) is 5.95 Å². The van der Waals surface area contributed by atoms with Crippen LogP contribution in [0.3, 0.4) is 0 Å². The molecule has 2 aliphatic carbocycles. The molecule has 7 heteroatoms. The van der Waals surface area contributed by atoms with Crippen LogP contribution in [0.2, 0.25) is 0 Å². The van der Waals surface area contributed by atoms with E-state index >= 15 is 0 Å². The lowest BCUT2D eigenvalue weighted by Crippen LogP contribution is -2.40. The number of hydrogen-bond acceptors (Lipinski definition) is 6. The van der Waals surface area contributed by atoms with E-state index < -0.39 is 0 Å². The van der Waals surface area contributed by atoms with Gasteiger partial charge in [0.15, 0.2) is 5.78 Å². The number of fused-ring (bicyclic) bond motifs is 1. The van der Waals surface area contributed by atoms with Gasteiger partial charge in [-0.15, -0.1) is 0 Å². The summed E-state index contributed by atoms with van der Waals surface area (Å²) in [5.41, 5.74) is 3.59. The molecule has 1 saturated carbocycles. The molecule has 0 spiro atoms. The normalized spacial score (nSPS) is 20.2. The third kappa shape index (κ3) is 5.09. The Hall–Kier alpha value is -2.96. The van der Waals surface area contributed by atoms with E-state index in [1.54, 1.807) is 24.3 Å². The summed E-state index contributed by atoms with van der Waals surface area (Å²) < 4.78 is 0. The van der Waals surface area contributed by atoms with Crippen LogP contribution in [0.15, 0.2) is 24.3 Å². The van der Waals surface area contributed by atoms with Crippen LogP contribution < -0.4 is 15.5 Å². The molecule has 1 heterocycles. The first-order chi connectivity index (χ1) is 15.4. The molecule has 32 heavy (non-hydrogen) atoms. The summed E-state index contributed by atoms with van der Waals surface area (Å²) in [5.74, 6) is 1.61. The van der Waals surface area contributed by atoms with Crippen molar-refractivity contribution in [3.8, 4) is 0 Å². The first kappa shape index (κ1) is 22.2. The number of hydrogen-bond donors (Lipinski definition) is 2. The Bertz CT molecular complexity index is 996. The third-order valence-electron chi connectivity index (χ3n) is 6.51. The van der Waals surface area contributed by atoms with E-state index in [1.807, 2.05) is 14.1 Å². The minimum Gasteiger partial charge on any atom is -0.362 e. The smallest absolute Gasteiger partial charge is 0.251 e. The van der Waals surface area contributed by atoms with Gasteiger partial charge in [-0.3, -0.25) is 9.59 Å². The number of aromatic nitrogens is 2. The van der Waals surface area contributed by atoms with Crippen molar-refractivity contribution in [1.82, 2.24) is 15.3 Å². The van der Waals surface area contributed by atoms with Crippen molar-refractivity contribution < 1.29 is 9.59 Å². The average molecular weight is 436 g/mol. The molecule has 0 unspecified atom stereocenters. The maximum absolute atomic E-state index is 12.6. The molecule has 170 valence electrons. The number of aryl methyl sites for hydroxylation is 1. The summed E-state index contributed by atoms with van der Waals surface area (Å²) in [6.45, 7) is 1.51. The number of carbonyl (C=O) groups excluding carboxylic acids is 2. The monoisotopic (exact) mass is 435 g/mol. The standard InChI is InChI=1S/C25H33N5O2/c1-16(31)17-7-6-8-18(15-17)24(32)26-19-11-13-20(14-12-19)27-25-28-22-10-5-4-9-21(22)23(29-25)30(2)3/h6-8,15,19-20H,4-5,9-14H2,1-3H3,(H,26,32)(H,27,28,29). The van der Waals surface area contributed by atoms with Crippen LogP contribution in [-0.2, 0) is 12.8 Å². The van der Waals surface area contributed by atoms with Gasteiger partial charge < -0.3 is 15.5 Å². The Morgan fingerprint density at radius 2 is 1.66 bits per heavy atom. The van der Waals surface area contributed by atoms with Crippen LogP contribution in [0.1, 0.15) is 77.4 Å². The predicted octanol–water partition coefficient (Wildman–Crippen LogP) is 3.78. The van der Waals surface area contributed by atoms with Crippen LogP contribution in [0.4, 0.5) is 11.8 Å². The first-order valence-electron chi connectivity index (χ1n) is 11.7. The molecule has 2 aliphatic rings. The number of anilines is 2. The number of carbonyl (C=O) groups is 2. The highest BCUT2D eigenvalue weighted by Crippen LogP contribution is 2.29. The van der Waals surface area contributed by atoms with Gasteiger partial charge in [0.1, 0.15) is 5.82 Å². The number of ketones is 1. The highest BCUT2D eigenvalue weighted by atomic mass is 16.1. The van der Waals surface area contributed by atoms with E-state index in [4.69, 9.17) is 9.97 Å². The van der Waals surface area contributed by atoms with Gasteiger partial charge in [-0.2, -0.15) is 4.98 Å². The van der Waals surface area contributed by atoms with E-state index in [-0.39, 0.29) is 17.7 Å². The number of benzene rings is 1. The highest BCUT2D eigenvalue weighted by Gasteiger charge is 2.25. The number of nitrogens with zero attached hydrogens (tertiary/aromatic N) is 3. The lowest BCUT2D eigenvalue weighted by molar-refractivity contribution is 0.0926. The number of amides is 1. The van der Waals surface area contributed by atoms with Gasteiger partial charge in [0.25, 0.3) is 5.91 Å². The fourth-order valence-electron chi connectivity index (χ4n) is 4.72. The zero-order valence-electron chi connectivity index (χ0n) is 19.3. The summed E-state index contributed by atoms with van der Waals surface area (Å²) in [6.07, 6.45) is 8.20. The van der Waals surface area contributed by atoms with Crippen LogP contribution in [0, 0.1) is 0 Å². The molecule has 2 aromatic rings. The maximum Gasteiger partial charge on any atom is 0.251 e. The number of nitrogens with one attached hydrogen (secondary N) is 2. The van der Waals surface area contributed by atoms with E-state index in [2.05, 4.69) is 15.5 Å². The van der Waals surface area contributed by atoms with E-state index in [1.165, 1.54) is 31.0 Å². The molecule has 1 aromatic carbocycles. The average Bonchev–Trinajstić information content (AvgIpc) is 2.79. The zero-order valence-corrected chi connectivity index (χ0v) is 19.3. The van der Waals surface area contributed by atoms with Crippen LogP contribution in [-0.4, -0.2) is 47.8 Å². The van der Waals surface area contributed by atoms with Crippen LogP contribution in [0.25, 0.3) is 0 Å². The lowest BCUT2D eigenvalue weighted by atomic mass is 9.91. The molecular formula is C25H33N5O2. The van der Waals surface area contributed by atoms with E-state index in [0.29, 0.717) is 17.2 Å². The fraction of sp³-hybridized carbons (Fsp3) is 0.520. The Kier molecular flexibility index (Phi) is 6.72. The van der Waals surface area contributed by atoms with Gasteiger partial charge in [-0.1, -0.05) is 12.1 Å². The molecule has 0 atom stereocenters. The molecule has 1 amide bonds. The molecule has 4 rings (SSSR count). The van der Waals surface area contributed by atoms with Crippen LogP contribution >= 0.6 is 0 Å². The Morgan fingerprint density at radius 1 is 0.969 bits per heavy atom. The number of rotatable bonds is 6. The maximum atomic E-state index is 12.6. The second-order valence-corrected chi connectivity index (χ2v) is 9.20. The lowest BCUT2D eigenvalue weighted by Gasteiger charge is -2.30. The second kappa shape index (κ2) is 9.67. The van der Waals surface area contributed by atoms with Crippen molar-refractivity contribution in [2.75, 3.05) is 24.3 Å². The summed E-state index contributed by atoms with van der Waals surface area (Å²) in [4.78, 5) is 36.0. The molecule has 1 aromatic heterocycles. The van der Waals surface area contributed by atoms with Crippen molar-refractivity contribution in [3.63, 3.8) is 0 Å². The highest BCUT2D eigenvalue weighted by molar-refractivity contribution is 5.99. The zero-order chi connectivity index (χ0) is 22.7. The van der Waals surface area contributed by atoms with Crippen molar-refractivity contribution >= 4 is 23.5 Å².